The van der Waals surface area contributed by atoms with Crippen LogP contribution in [0.5, 0.6) is 0 Å². The van der Waals surface area contributed by atoms with E-state index in [4.69, 9.17) is 10.7 Å². The van der Waals surface area contributed by atoms with Gasteiger partial charge in [0, 0.05) is 57.0 Å². The summed E-state index contributed by atoms with van der Waals surface area (Å²) >= 11 is 0. The molecule has 0 radical (unpaired) electrons. The summed E-state index contributed by atoms with van der Waals surface area (Å²) in [5.74, 6) is 1.29. The third-order valence-electron chi connectivity index (χ3n) is 6.09. The Kier molecular flexibility index (Phi) is 4.78. The third-order valence-corrected chi connectivity index (χ3v) is 6.09. The molecule has 0 unspecified atom stereocenters. The summed E-state index contributed by atoms with van der Waals surface area (Å²) in [4.78, 5) is 21.9. The SMILES string of the molecule is CN(Cc1ccc(N)cc1)C(=O)C1CN(c2c3c(nc4ccnn24)CCNCC3)C1. The number of hydrogen-bond donors (Lipinski definition) is 2. The van der Waals surface area contributed by atoms with Crippen molar-refractivity contribution in [1.29, 1.82) is 0 Å². The van der Waals surface area contributed by atoms with Crippen molar-refractivity contribution in [3.8, 4) is 0 Å². The minimum absolute atomic E-state index is 0.00196. The summed E-state index contributed by atoms with van der Waals surface area (Å²) in [6, 6.07) is 9.64. The van der Waals surface area contributed by atoms with Gasteiger partial charge in [0.05, 0.1) is 17.8 Å². The van der Waals surface area contributed by atoms with Gasteiger partial charge in [0.25, 0.3) is 0 Å². The number of nitrogens with two attached hydrogens (primary N) is 1. The molecule has 1 fully saturated rings. The number of anilines is 2. The van der Waals surface area contributed by atoms with E-state index < -0.39 is 0 Å². The molecule has 5 rings (SSSR count). The van der Waals surface area contributed by atoms with E-state index in [0.29, 0.717) is 19.6 Å². The second-order valence-electron chi connectivity index (χ2n) is 8.25. The van der Waals surface area contributed by atoms with Crippen LogP contribution in [0.2, 0.25) is 0 Å². The molecule has 0 saturated carbocycles. The summed E-state index contributed by atoms with van der Waals surface area (Å²) in [6.07, 6.45) is 3.65. The standard InChI is InChI=1S/C22H27N7O/c1-27(12-15-2-4-17(23)5-3-15)22(30)16-13-28(14-16)21-18-6-9-24-10-7-19(18)26-20-8-11-25-29(20)21/h2-5,8,11,16,24H,6-7,9-10,12-14,23H2,1H3. The molecule has 1 aromatic carbocycles. The Morgan fingerprint density at radius 3 is 2.77 bits per heavy atom. The quantitative estimate of drug-likeness (QED) is 0.632. The van der Waals surface area contributed by atoms with Crippen molar-refractivity contribution in [2.75, 3.05) is 43.9 Å². The number of carbonyl (C=O) groups is 1. The average Bonchev–Trinajstić information content (AvgIpc) is 3.04. The molecule has 3 N–H and O–H groups in total. The Bertz CT molecular complexity index is 1070. The molecule has 156 valence electrons. The van der Waals surface area contributed by atoms with Gasteiger partial charge in [0.15, 0.2) is 5.65 Å². The Morgan fingerprint density at radius 1 is 1.20 bits per heavy atom. The number of aromatic nitrogens is 3. The molecule has 2 aliphatic rings. The van der Waals surface area contributed by atoms with E-state index in [1.54, 1.807) is 6.20 Å². The van der Waals surface area contributed by atoms with Crippen LogP contribution in [0.1, 0.15) is 16.8 Å². The maximum Gasteiger partial charge on any atom is 0.229 e. The largest absolute Gasteiger partial charge is 0.399 e. The predicted octanol–water partition coefficient (Wildman–Crippen LogP) is 1.09. The molecule has 8 nitrogen and oxygen atoms in total. The maximum absolute atomic E-state index is 13.0. The minimum atomic E-state index is 0.00196. The summed E-state index contributed by atoms with van der Waals surface area (Å²) in [5, 5.41) is 7.97. The van der Waals surface area contributed by atoms with Gasteiger partial charge in [-0.1, -0.05) is 12.1 Å². The molecular weight excluding hydrogens is 378 g/mol. The molecule has 2 aliphatic heterocycles. The van der Waals surface area contributed by atoms with Crippen molar-refractivity contribution < 1.29 is 4.79 Å². The number of nitrogens with one attached hydrogen (secondary N) is 1. The van der Waals surface area contributed by atoms with Gasteiger partial charge < -0.3 is 20.9 Å². The zero-order chi connectivity index (χ0) is 20.7. The number of hydrogen-bond acceptors (Lipinski definition) is 6. The Morgan fingerprint density at radius 2 is 1.97 bits per heavy atom. The highest BCUT2D eigenvalue weighted by molar-refractivity contribution is 5.82. The van der Waals surface area contributed by atoms with E-state index in [1.807, 2.05) is 46.8 Å². The van der Waals surface area contributed by atoms with Crippen LogP contribution < -0.4 is 16.0 Å². The zero-order valence-corrected chi connectivity index (χ0v) is 17.2. The molecular formula is C22H27N7O. The molecule has 30 heavy (non-hydrogen) atoms. The lowest BCUT2D eigenvalue weighted by molar-refractivity contribution is -0.135. The number of amides is 1. The summed E-state index contributed by atoms with van der Waals surface area (Å²) in [7, 11) is 1.87. The van der Waals surface area contributed by atoms with Gasteiger partial charge in [-0.05, 0) is 30.7 Å². The van der Waals surface area contributed by atoms with Crippen molar-refractivity contribution in [2.45, 2.75) is 19.4 Å². The Labute approximate surface area is 175 Å². The lowest BCUT2D eigenvalue weighted by Gasteiger charge is -2.42. The number of benzene rings is 1. The van der Waals surface area contributed by atoms with Crippen LogP contribution in [-0.4, -0.2) is 58.6 Å². The molecule has 0 aliphatic carbocycles. The fourth-order valence-electron chi connectivity index (χ4n) is 4.43. The van der Waals surface area contributed by atoms with E-state index >= 15 is 0 Å². The molecule has 8 heteroatoms. The molecule has 1 saturated heterocycles. The van der Waals surface area contributed by atoms with Crippen LogP contribution >= 0.6 is 0 Å². The Hall–Kier alpha value is -3.13. The smallest absolute Gasteiger partial charge is 0.229 e. The highest BCUT2D eigenvalue weighted by Crippen LogP contribution is 2.32. The monoisotopic (exact) mass is 405 g/mol. The first-order chi connectivity index (χ1) is 14.6. The van der Waals surface area contributed by atoms with Crippen molar-refractivity contribution >= 4 is 23.1 Å². The molecule has 1 amide bonds. The minimum Gasteiger partial charge on any atom is -0.399 e. The highest BCUT2D eigenvalue weighted by Gasteiger charge is 2.37. The number of nitrogens with zero attached hydrogens (tertiary/aromatic N) is 5. The number of carbonyl (C=O) groups excluding carboxylic acids is 1. The van der Waals surface area contributed by atoms with Gasteiger partial charge in [0.2, 0.25) is 5.91 Å². The van der Waals surface area contributed by atoms with Crippen LogP contribution in [0, 0.1) is 5.92 Å². The second-order valence-corrected chi connectivity index (χ2v) is 8.25. The van der Waals surface area contributed by atoms with Crippen molar-refractivity contribution in [3.05, 3.63) is 53.3 Å². The van der Waals surface area contributed by atoms with Crippen LogP contribution in [0.25, 0.3) is 5.65 Å². The van der Waals surface area contributed by atoms with Gasteiger partial charge in [-0.25, -0.2) is 4.98 Å². The molecule has 2 aromatic heterocycles. The van der Waals surface area contributed by atoms with Gasteiger partial charge in [-0.2, -0.15) is 9.61 Å². The van der Waals surface area contributed by atoms with Gasteiger partial charge >= 0.3 is 0 Å². The normalized spacial score (nSPS) is 16.8. The molecule has 0 bridgehead atoms. The maximum atomic E-state index is 13.0. The Balaban J connectivity index is 1.32. The molecule has 0 spiro atoms. The van der Waals surface area contributed by atoms with E-state index in [9.17, 15) is 4.79 Å². The number of nitrogen functional groups attached to an aromatic ring is 1. The summed E-state index contributed by atoms with van der Waals surface area (Å²) in [6.45, 7) is 3.90. The van der Waals surface area contributed by atoms with Gasteiger partial charge in [0.1, 0.15) is 5.82 Å². The van der Waals surface area contributed by atoms with E-state index in [-0.39, 0.29) is 11.8 Å². The zero-order valence-electron chi connectivity index (χ0n) is 17.2. The highest BCUT2D eigenvalue weighted by atomic mass is 16.2. The van der Waals surface area contributed by atoms with E-state index in [0.717, 1.165) is 54.3 Å². The lowest BCUT2D eigenvalue weighted by atomic mass is 9.96. The second kappa shape index (κ2) is 7.60. The topological polar surface area (TPSA) is 91.8 Å². The predicted molar refractivity (Wildman–Crippen MR) is 116 cm³/mol. The molecule has 4 heterocycles. The average molecular weight is 406 g/mol. The van der Waals surface area contributed by atoms with Crippen LogP contribution in [0.3, 0.4) is 0 Å². The summed E-state index contributed by atoms with van der Waals surface area (Å²) in [5.41, 5.74) is 10.9. The first kappa shape index (κ1) is 18.9. The van der Waals surface area contributed by atoms with Gasteiger partial charge in [-0.3, -0.25) is 4.79 Å². The van der Waals surface area contributed by atoms with Crippen molar-refractivity contribution in [3.63, 3.8) is 0 Å². The number of rotatable bonds is 4. The fourth-order valence-corrected chi connectivity index (χ4v) is 4.43. The first-order valence-corrected chi connectivity index (χ1v) is 10.5. The van der Waals surface area contributed by atoms with Crippen LogP contribution in [0.15, 0.2) is 36.5 Å². The van der Waals surface area contributed by atoms with E-state index in [2.05, 4.69) is 15.3 Å². The van der Waals surface area contributed by atoms with Crippen molar-refractivity contribution in [2.24, 2.45) is 5.92 Å². The van der Waals surface area contributed by atoms with E-state index in [1.165, 1.54) is 5.56 Å². The fraction of sp³-hybridized carbons (Fsp3) is 0.409. The molecule has 3 aromatic rings. The van der Waals surface area contributed by atoms with Crippen molar-refractivity contribution in [1.82, 2.24) is 24.8 Å². The van der Waals surface area contributed by atoms with Gasteiger partial charge in [-0.15, -0.1) is 0 Å². The molecule has 0 atom stereocenters. The summed E-state index contributed by atoms with van der Waals surface area (Å²) < 4.78 is 1.93. The lowest BCUT2D eigenvalue weighted by Crippen LogP contribution is -2.54. The van der Waals surface area contributed by atoms with Crippen LogP contribution in [0.4, 0.5) is 11.5 Å². The van der Waals surface area contributed by atoms with Crippen LogP contribution in [-0.2, 0) is 24.2 Å². The first-order valence-electron chi connectivity index (χ1n) is 10.5. The third kappa shape index (κ3) is 3.37. The number of fused-ring (bicyclic) bond motifs is 2.